The highest BCUT2D eigenvalue weighted by atomic mass is 16.1. The van der Waals surface area contributed by atoms with Gasteiger partial charge < -0.3 is 10.3 Å². The lowest BCUT2D eigenvalue weighted by Gasteiger charge is -2.35. The molecule has 4 heterocycles. The number of anilines is 1. The third-order valence-corrected chi connectivity index (χ3v) is 4.99. The van der Waals surface area contributed by atoms with E-state index in [1.807, 2.05) is 12.3 Å². The highest BCUT2D eigenvalue weighted by Crippen LogP contribution is 2.20. The van der Waals surface area contributed by atoms with Crippen molar-refractivity contribution in [1.82, 2.24) is 29.6 Å². The number of aromatic nitrogens is 5. The molecule has 8 heteroatoms. The summed E-state index contributed by atoms with van der Waals surface area (Å²) >= 11 is 0. The monoisotopic (exact) mass is 353 g/mol. The first kappa shape index (κ1) is 16.7. The predicted octanol–water partition coefficient (Wildman–Crippen LogP) is 1.48. The molecule has 1 fully saturated rings. The van der Waals surface area contributed by atoms with Crippen LogP contribution < -0.4 is 10.9 Å². The maximum Gasteiger partial charge on any atom is 0.266 e. The van der Waals surface area contributed by atoms with Gasteiger partial charge in [-0.05, 0) is 31.5 Å². The Bertz CT molecular complexity index is 919. The van der Waals surface area contributed by atoms with E-state index in [2.05, 4.69) is 30.3 Å². The van der Waals surface area contributed by atoms with Crippen molar-refractivity contribution in [3.05, 3.63) is 47.3 Å². The number of likely N-dealkylation sites (tertiary alicyclic amines) is 1. The molecule has 0 amide bonds. The minimum absolute atomic E-state index is 0.0463. The molecule has 2 N–H and O–H groups in total. The molecular weight excluding hydrogens is 330 g/mol. The van der Waals surface area contributed by atoms with Crippen molar-refractivity contribution in [3.63, 3.8) is 0 Å². The fourth-order valence-electron chi connectivity index (χ4n) is 3.59. The Morgan fingerprint density at radius 2 is 2.19 bits per heavy atom. The van der Waals surface area contributed by atoms with Crippen molar-refractivity contribution in [2.75, 3.05) is 25.0 Å². The Kier molecular flexibility index (Phi) is 4.92. The second-order valence-corrected chi connectivity index (χ2v) is 6.61. The summed E-state index contributed by atoms with van der Waals surface area (Å²) in [7, 11) is 0. The van der Waals surface area contributed by atoms with Crippen LogP contribution in [0.2, 0.25) is 0 Å². The molecule has 4 rings (SSSR count). The molecule has 1 aliphatic heterocycles. The molecule has 26 heavy (non-hydrogen) atoms. The largest absolute Gasteiger partial charge is 0.368 e. The summed E-state index contributed by atoms with van der Waals surface area (Å²) in [5.41, 5.74) is 0.799. The van der Waals surface area contributed by atoms with Crippen molar-refractivity contribution < 1.29 is 0 Å². The number of nitrogens with one attached hydrogen (secondary N) is 2. The molecule has 136 valence electrons. The number of H-pyrrole nitrogens is 1. The van der Waals surface area contributed by atoms with Gasteiger partial charge in [0.2, 0.25) is 0 Å². The number of piperidine rings is 1. The van der Waals surface area contributed by atoms with Gasteiger partial charge in [0, 0.05) is 37.6 Å². The minimum atomic E-state index is -0.0463. The van der Waals surface area contributed by atoms with Crippen LogP contribution in [0.4, 0.5) is 5.82 Å². The molecule has 1 aliphatic rings. The van der Waals surface area contributed by atoms with Crippen LogP contribution in [0.1, 0.15) is 19.3 Å². The number of hydrogen-bond donors (Lipinski definition) is 2. The van der Waals surface area contributed by atoms with Gasteiger partial charge in [-0.2, -0.15) is 5.10 Å². The van der Waals surface area contributed by atoms with Gasteiger partial charge in [-0.15, -0.1) is 0 Å². The topological polar surface area (TPSA) is 91.7 Å². The highest BCUT2D eigenvalue weighted by Gasteiger charge is 2.22. The van der Waals surface area contributed by atoms with E-state index in [0.717, 1.165) is 42.9 Å². The lowest BCUT2D eigenvalue weighted by molar-refractivity contribution is 0.148. The van der Waals surface area contributed by atoms with E-state index in [4.69, 9.17) is 0 Å². The maximum absolute atomic E-state index is 11.8. The SMILES string of the molecule is O=c1cccnn1CCN1CCCCC1CNc1ncnc2[nH]ccc12. The maximum atomic E-state index is 11.8. The van der Waals surface area contributed by atoms with Gasteiger partial charge in [0.05, 0.1) is 11.9 Å². The van der Waals surface area contributed by atoms with Crippen LogP contribution in [-0.4, -0.2) is 55.3 Å². The van der Waals surface area contributed by atoms with Gasteiger partial charge in [0.15, 0.2) is 0 Å². The molecule has 0 spiro atoms. The second kappa shape index (κ2) is 7.65. The second-order valence-electron chi connectivity index (χ2n) is 6.61. The Hall–Kier alpha value is -2.74. The molecule has 1 atom stereocenters. The van der Waals surface area contributed by atoms with Gasteiger partial charge in [0.1, 0.15) is 17.8 Å². The van der Waals surface area contributed by atoms with E-state index in [1.165, 1.54) is 17.5 Å². The molecule has 8 nitrogen and oxygen atoms in total. The molecule has 3 aromatic heterocycles. The van der Waals surface area contributed by atoms with E-state index in [9.17, 15) is 4.79 Å². The third kappa shape index (κ3) is 3.60. The number of hydrogen-bond acceptors (Lipinski definition) is 6. The summed E-state index contributed by atoms with van der Waals surface area (Å²) in [6, 6.07) is 5.64. The van der Waals surface area contributed by atoms with Gasteiger partial charge in [0.25, 0.3) is 5.56 Å². The molecule has 0 bridgehead atoms. The first-order chi connectivity index (χ1) is 12.8. The van der Waals surface area contributed by atoms with Gasteiger partial charge in [-0.3, -0.25) is 9.69 Å². The van der Waals surface area contributed by atoms with Crippen LogP contribution in [0, 0.1) is 0 Å². The number of aromatic amines is 1. The molecule has 0 saturated carbocycles. The first-order valence-electron chi connectivity index (χ1n) is 9.09. The fraction of sp³-hybridized carbons (Fsp3) is 0.444. The molecule has 1 unspecified atom stereocenters. The zero-order valence-electron chi connectivity index (χ0n) is 14.6. The van der Waals surface area contributed by atoms with E-state index in [1.54, 1.807) is 24.7 Å². The first-order valence-corrected chi connectivity index (χ1v) is 9.09. The molecule has 3 aromatic rings. The molecule has 1 saturated heterocycles. The van der Waals surface area contributed by atoms with E-state index in [-0.39, 0.29) is 5.56 Å². The van der Waals surface area contributed by atoms with Crippen molar-refractivity contribution in [2.24, 2.45) is 0 Å². The molecule has 0 radical (unpaired) electrons. The lowest BCUT2D eigenvalue weighted by Crippen LogP contribution is -2.45. The van der Waals surface area contributed by atoms with Gasteiger partial charge in [-0.1, -0.05) is 6.42 Å². The Balaban J connectivity index is 1.40. The van der Waals surface area contributed by atoms with Crippen LogP contribution in [0.5, 0.6) is 0 Å². The summed E-state index contributed by atoms with van der Waals surface area (Å²) in [6.45, 7) is 3.32. The quantitative estimate of drug-likeness (QED) is 0.697. The van der Waals surface area contributed by atoms with Crippen molar-refractivity contribution in [3.8, 4) is 0 Å². The van der Waals surface area contributed by atoms with Crippen molar-refractivity contribution in [1.29, 1.82) is 0 Å². The van der Waals surface area contributed by atoms with Crippen LogP contribution >= 0.6 is 0 Å². The van der Waals surface area contributed by atoms with Crippen LogP contribution in [0.15, 0.2) is 41.7 Å². The molecular formula is C18H23N7O. The summed E-state index contributed by atoms with van der Waals surface area (Å²) < 4.78 is 1.53. The lowest BCUT2D eigenvalue weighted by atomic mass is 10.0. The van der Waals surface area contributed by atoms with Crippen molar-refractivity contribution >= 4 is 16.9 Å². The number of rotatable bonds is 6. The molecule has 0 aromatic carbocycles. The average molecular weight is 353 g/mol. The average Bonchev–Trinajstić information content (AvgIpc) is 3.16. The predicted molar refractivity (Wildman–Crippen MR) is 100 cm³/mol. The van der Waals surface area contributed by atoms with Crippen LogP contribution in [-0.2, 0) is 6.54 Å². The zero-order valence-corrected chi connectivity index (χ0v) is 14.6. The van der Waals surface area contributed by atoms with E-state index < -0.39 is 0 Å². The molecule has 0 aliphatic carbocycles. The summed E-state index contributed by atoms with van der Waals surface area (Å²) in [5, 5.41) is 8.65. The minimum Gasteiger partial charge on any atom is -0.368 e. The summed E-state index contributed by atoms with van der Waals surface area (Å²) in [4.78, 5) is 26.0. The zero-order chi connectivity index (χ0) is 17.8. The van der Waals surface area contributed by atoms with Crippen LogP contribution in [0.25, 0.3) is 11.0 Å². The van der Waals surface area contributed by atoms with E-state index >= 15 is 0 Å². The normalized spacial score (nSPS) is 18.2. The summed E-state index contributed by atoms with van der Waals surface area (Å²) in [5.74, 6) is 0.864. The van der Waals surface area contributed by atoms with Crippen LogP contribution in [0.3, 0.4) is 0 Å². The van der Waals surface area contributed by atoms with E-state index in [0.29, 0.717) is 12.6 Å². The fourth-order valence-corrected chi connectivity index (χ4v) is 3.59. The third-order valence-electron chi connectivity index (χ3n) is 4.99. The smallest absolute Gasteiger partial charge is 0.266 e. The Morgan fingerprint density at radius 3 is 3.12 bits per heavy atom. The number of nitrogens with zero attached hydrogens (tertiary/aromatic N) is 5. The Labute approximate surface area is 151 Å². The van der Waals surface area contributed by atoms with Crippen molar-refractivity contribution in [2.45, 2.75) is 31.8 Å². The summed E-state index contributed by atoms with van der Waals surface area (Å²) in [6.07, 6.45) is 8.69. The van der Waals surface area contributed by atoms with Gasteiger partial charge in [-0.25, -0.2) is 14.6 Å². The number of fused-ring (bicyclic) bond motifs is 1. The standard InChI is InChI=1S/C18H23N7O/c26-16-5-3-7-23-25(16)11-10-24-9-2-1-4-14(24)12-20-18-15-6-8-19-17(15)21-13-22-18/h3,5-8,13-14H,1-2,4,9-12H2,(H2,19,20,21,22). The Morgan fingerprint density at radius 1 is 1.23 bits per heavy atom. The highest BCUT2D eigenvalue weighted by molar-refractivity contribution is 5.86. The van der Waals surface area contributed by atoms with Gasteiger partial charge >= 0.3 is 0 Å².